The van der Waals surface area contributed by atoms with E-state index in [0.717, 1.165) is 16.0 Å². The number of rotatable bonds is 8. The fourth-order valence-corrected chi connectivity index (χ4v) is 7.60. The van der Waals surface area contributed by atoms with Crippen molar-refractivity contribution >= 4 is 51.0 Å². The zero-order valence-corrected chi connectivity index (χ0v) is 25.6. The summed E-state index contributed by atoms with van der Waals surface area (Å²) < 4.78 is 40.3. The molecule has 1 aliphatic carbocycles. The van der Waals surface area contributed by atoms with Gasteiger partial charge in [0.15, 0.2) is 5.01 Å². The van der Waals surface area contributed by atoms with E-state index in [4.69, 9.17) is 0 Å². The fourth-order valence-electron chi connectivity index (χ4n) is 6.67. The van der Waals surface area contributed by atoms with Crippen molar-refractivity contribution in [1.82, 2.24) is 30.8 Å². The molecule has 15 heteroatoms. The van der Waals surface area contributed by atoms with Crippen molar-refractivity contribution in [1.29, 1.82) is 0 Å². The van der Waals surface area contributed by atoms with Gasteiger partial charge < -0.3 is 20.9 Å². The predicted octanol–water partition coefficient (Wildman–Crippen LogP) is 2.60. The molecule has 238 valence electrons. The van der Waals surface area contributed by atoms with E-state index in [1.807, 2.05) is 12.2 Å². The Morgan fingerprint density at radius 2 is 1.89 bits per heavy atom. The van der Waals surface area contributed by atoms with Crippen LogP contribution in [0.4, 0.5) is 13.2 Å². The summed E-state index contributed by atoms with van der Waals surface area (Å²) in [6.45, 7) is 6.99. The molecular formula is C29H35F3N6O5S. The van der Waals surface area contributed by atoms with Gasteiger partial charge in [-0.15, -0.1) is 11.3 Å². The Bertz CT molecular complexity index is 1460. The van der Waals surface area contributed by atoms with Gasteiger partial charge in [-0.05, 0) is 49.0 Å². The SMILES string of the molecule is C[C@H]1C[C@@H]2C[C@H]1[C@@H](C(=O)N[C@@H](C[C@@H]1CCNC1=O)C(=O)c1nc3cnccc3s1)N2C(=O)[C@@H](NC(=O)C(F)(F)F)C(C)(C)C. The lowest BCUT2D eigenvalue weighted by molar-refractivity contribution is -0.176. The zero-order chi connectivity index (χ0) is 32.1. The normalized spacial score (nSPS) is 26.4. The number of likely N-dealkylation sites (tertiary alicyclic amines) is 1. The molecule has 2 bridgehead atoms. The molecule has 3 N–H and O–H groups in total. The predicted molar refractivity (Wildman–Crippen MR) is 153 cm³/mol. The number of amides is 4. The number of ketones is 1. The first kappa shape index (κ1) is 31.8. The van der Waals surface area contributed by atoms with E-state index in [-0.39, 0.29) is 29.2 Å². The third-order valence-electron chi connectivity index (χ3n) is 8.90. The van der Waals surface area contributed by atoms with Crippen LogP contribution in [-0.2, 0) is 19.2 Å². The number of Topliss-reactive ketones (excluding diaryl/α,β-unsaturated/α-hetero) is 1. The van der Waals surface area contributed by atoms with E-state index < -0.39 is 65.2 Å². The average molecular weight is 637 g/mol. The molecule has 3 fully saturated rings. The molecule has 2 aromatic heterocycles. The number of hydrogen-bond donors (Lipinski definition) is 3. The Kier molecular flexibility index (Phi) is 8.46. The molecular weight excluding hydrogens is 601 g/mol. The van der Waals surface area contributed by atoms with Crippen LogP contribution in [0.15, 0.2) is 18.5 Å². The van der Waals surface area contributed by atoms with Crippen LogP contribution in [0.25, 0.3) is 10.2 Å². The Hall–Kier alpha value is -3.62. The van der Waals surface area contributed by atoms with Crippen molar-refractivity contribution in [2.24, 2.45) is 23.2 Å². The first-order chi connectivity index (χ1) is 20.6. The highest BCUT2D eigenvalue weighted by molar-refractivity contribution is 7.20. The maximum Gasteiger partial charge on any atom is 0.471 e. The lowest BCUT2D eigenvalue weighted by atomic mass is 9.83. The highest BCUT2D eigenvalue weighted by Crippen LogP contribution is 2.47. The molecule has 4 amide bonds. The number of carbonyl (C=O) groups is 5. The van der Waals surface area contributed by atoms with E-state index in [2.05, 4.69) is 20.6 Å². The molecule has 2 aliphatic heterocycles. The van der Waals surface area contributed by atoms with Gasteiger partial charge in [-0.2, -0.15) is 13.2 Å². The monoisotopic (exact) mass is 636 g/mol. The zero-order valence-electron chi connectivity index (χ0n) is 24.7. The minimum Gasteiger partial charge on any atom is -0.356 e. The second-order valence-corrected chi connectivity index (χ2v) is 14.1. The van der Waals surface area contributed by atoms with Crippen LogP contribution in [0.2, 0.25) is 0 Å². The van der Waals surface area contributed by atoms with E-state index in [1.54, 1.807) is 12.3 Å². The van der Waals surface area contributed by atoms with Crippen LogP contribution in [0.1, 0.15) is 63.2 Å². The van der Waals surface area contributed by atoms with E-state index >= 15 is 0 Å². The molecule has 3 aliphatic rings. The lowest BCUT2D eigenvalue weighted by Gasteiger charge is -2.42. The second kappa shape index (κ2) is 11.7. The van der Waals surface area contributed by atoms with Crippen LogP contribution in [-0.4, -0.2) is 81.2 Å². The largest absolute Gasteiger partial charge is 0.471 e. The maximum absolute atomic E-state index is 14.1. The van der Waals surface area contributed by atoms with Gasteiger partial charge in [0.05, 0.1) is 16.9 Å². The van der Waals surface area contributed by atoms with Crippen molar-refractivity contribution < 1.29 is 37.1 Å². The van der Waals surface area contributed by atoms with Crippen LogP contribution in [0, 0.1) is 23.2 Å². The van der Waals surface area contributed by atoms with Crippen LogP contribution in [0.3, 0.4) is 0 Å². The smallest absolute Gasteiger partial charge is 0.356 e. The Morgan fingerprint density at radius 3 is 2.50 bits per heavy atom. The quantitative estimate of drug-likeness (QED) is 0.377. The number of hydrogen-bond acceptors (Lipinski definition) is 8. The third-order valence-corrected chi connectivity index (χ3v) is 9.95. The van der Waals surface area contributed by atoms with E-state index in [1.165, 1.54) is 31.9 Å². The van der Waals surface area contributed by atoms with E-state index in [0.29, 0.717) is 31.3 Å². The van der Waals surface area contributed by atoms with Gasteiger partial charge in [-0.1, -0.05) is 27.7 Å². The third kappa shape index (κ3) is 6.15. The van der Waals surface area contributed by atoms with Crippen LogP contribution < -0.4 is 16.0 Å². The molecule has 4 heterocycles. The first-order valence-electron chi connectivity index (χ1n) is 14.6. The summed E-state index contributed by atoms with van der Waals surface area (Å²) in [5.74, 6) is -5.18. The van der Waals surface area contributed by atoms with E-state index in [9.17, 15) is 37.1 Å². The van der Waals surface area contributed by atoms with Crippen molar-refractivity contribution in [3.63, 3.8) is 0 Å². The van der Waals surface area contributed by atoms with Crippen molar-refractivity contribution in [2.45, 2.75) is 83.7 Å². The molecule has 2 aromatic rings. The highest BCUT2D eigenvalue weighted by atomic mass is 32.1. The number of fused-ring (bicyclic) bond motifs is 3. The van der Waals surface area contributed by atoms with Gasteiger partial charge in [-0.3, -0.25) is 29.0 Å². The van der Waals surface area contributed by atoms with Gasteiger partial charge in [-0.25, -0.2) is 4.98 Å². The minimum absolute atomic E-state index is 0.0150. The van der Waals surface area contributed by atoms with Gasteiger partial charge in [0.2, 0.25) is 23.5 Å². The number of thiazole rings is 1. The molecule has 0 radical (unpaired) electrons. The first-order valence-corrected chi connectivity index (χ1v) is 15.4. The number of pyridine rings is 1. The van der Waals surface area contributed by atoms with Gasteiger partial charge >= 0.3 is 12.1 Å². The Morgan fingerprint density at radius 1 is 1.16 bits per heavy atom. The molecule has 11 nitrogen and oxygen atoms in total. The molecule has 2 saturated heterocycles. The topological polar surface area (TPSA) is 150 Å². The summed E-state index contributed by atoms with van der Waals surface area (Å²) in [5.41, 5.74) is -0.597. The minimum atomic E-state index is -5.20. The summed E-state index contributed by atoms with van der Waals surface area (Å²) in [7, 11) is 0. The van der Waals surface area contributed by atoms with Crippen LogP contribution in [0.5, 0.6) is 0 Å². The molecule has 1 saturated carbocycles. The lowest BCUT2D eigenvalue weighted by Crippen LogP contribution is -2.63. The Labute approximate surface area is 255 Å². The van der Waals surface area contributed by atoms with Gasteiger partial charge in [0, 0.05) is 24.7 Å². The fraction of sp³-hybridized carbons (Fsp3) is 0.621. The average Bonchev–Trinajstić information content (AvgIpc) is 3.72. The summed E-state index contributed by atoms with van der Waals surface area (Å²) in [4.78, 5) is 75.9. The highest BCUT2D eigenvalue weighted by Gasteiger charge is 2.57. The molecule has 7 atom stereocenters. The number of nitrogens with one attached hydrogen (secondary N) is 3. The van der Waals surface area contributed by atoms with Gasteiger partial charge in [0.1, 0.15) is 17.6 Å². The number of aromatic nitrogens is 2. The summed E-state index contributed by atoms with van der Waals surface area (Å²) in [6.07, 6.45) is -0.607. The standard InChI is InChI=1S/C29H35F3N6O5S/c1-13-9-15-11-16(13)20(38(15)26(42)22(28(2,3)4)37-27(43)29(30,31)32)24(41)35-17(10-14-5-8-34-23(14)40)21(39)25-36-18-12-33-7-6-19(18)44-25/h6-7,12-17,20,22H,5,8-11H2,1-4H3,(H,34,40)(H,35,41)(H,37,43)/t13-,14-,15+,16+,17-,20-,22+/m0/s1. The molecule has 0 unspecified atom stereocenters. The number of carbonyl (C=O) groups excluding carboxylic acids is 5. The van der Waals surface area contributed by atoms with Crippen molar-refractivity contribution in [3.8, 4) is 0 Å². The maximum atomic E-state index is 14.1. The molecule has 5 rings (SSSR count). The number of nitrogens with zero attached hydrogens (tertiary/aromatic N) is 3. The molecule has 44 heavy (non-hydrogen) atoms. The Balaban J connectivity index is 1.44. The number of alkyl halides is 3. The van der Waals surface area contributed by atoms with Crippen molar-refractivity contribution in [2.75, 3.05) is 6.54 Å². The number of piperidine rings is 1. The van der Waals surface area contributed by atoms with Crippen molar-refractivity contribution in [3.05, 3.63) is 23.5 Å². The molecule has 0 spiro atoms. The van der Waals surface area contributed by atoms with Crippen LogP contribution >= 0.6 is 11.3 Å². The van der Waals surface area contributed by atoms with Gasteiger partial charge in [0.25, 0.3) is 0 Å². The summed E-state index contributed by atoms with van der Waals surface area (Å²) in [6, 6.07) is -2.48. The summed E-state index contributed by atoms with van der Waals surface area (Å²) >= 11 is 1.13. The molecule has 0 aromatic carbocycles. The summed E-state index contributed by atoms with van der Waals surface area (Å²) in [5, 5.41) is 7.52. The second-order valence-electron chi connectivity index (χ2n) is 13.0. The number of halogens is 3.